The summed E-state index contributed by atoms with van der Waals surface area (Å²) in [5.74, 6) is 1.60. The number of methoxy groups -OCH3 is 2. The molecule has 2 heterocycles. The Morgan fingerprint density at radius 3 is 2.64 bits per heavy atom. The van der Waals surface area contributed by atoms with Crippen molar-refractivity contribution >= 4 is 17.2 Å². The molecule has 3 rings (SSSR count). The van der Waals surface area contributed by atoms with Gasteiger partial charge in [-0.25, -0.2) is 0 Å². The molecule has 0 aliphatic carbocycles. The number of nitrogens with zero attached hydrogens (tertiary/aromatic N) is 1. The number of benzene rings is 1. The van der Waals surface area contributed by atoms with Gasteiger partial charge in [-0.2, -0.15) is 0 Å². The second-order valence-corrected chi connectivity index (χ2v) is 6.97. The van der Waals surface area contributed by atoms with Gasteiger partial charge in [0.1, 0.15) is 11.5 Å². The summed E-state index contributed by atoms with van der Waals surface area (Å²) in [4.78, 5) is 15.2. The van der Waals surface area contributed by atoms with E-state index in [0.717, 1.165) is 41.3 Å². The largest absolute Gasteiger partial charge is 0.497 e. The van der Waals surface area contributed by atoms with Gasteiger partial charge >= 0.3 is 0 Å². The van der Waals surface area contributed by atoms with E-state index >= 15 is 0 Å². The topological polar surface area (TPSA) is 48.0 Å². The molecule has 1 aliphatic rings. The highest BCUT2D eigenvalue weighted by Crippen LogP contribution is 2.24. The Kier molecular flexibility index (Phi) is 5.94. The average molecular weight is 361 g/mol. The highest BCUT2D eigenvalue weighted by atomic mass is 32.1. The Labute approximate surface area is 152 Å². The molecule has 6 heteroatoms. The summed E-state index contributed by atoms with van der Waals surface area (Å²) in [6.07, 6.45) is 1.98. The highest BCUT2D eigenvalue weighted by Gasteiger charge is 2.25. The maximum Gasteiger partial charge on any atom is 0.264 e. The van der Waals surface area contributed by atoms with E-state index in [9.17, 15) is 4.79 Å². The first-order chi connectivity index (χ1) is 12.2. The average Bonchev–Trinajstić information content (AvgIpc) is 3.20. The van der Waals surface area contributed by atoms with Crippen LogP contribution in [0.2, 0.25) is 0 Å². The van der Waals surface area contributed by atoms with Gasteiger partial charge in [-0.3, -0.25) is 4.79 Å². The minimum atomic E-state index is 0.0508. The van der Waals surface area contributed by atoms with Crippen LogP contribution in [-0.2, 0) is 11.3 Å². The van der Waals surface area contributed by atoms with Crippen LogP contribution in [-0.4, -0.2) is 44.2 Å². The highest BCUT2D eigenvalue weighted by molar-refractivity contribution is 7.12. The standard InChI is InChI=1S/C19H23NO4S/c1-22-16-9-14(10-17(11-16)23-2)13-24-15-5-3-7-20(12-15)19(21)18-6-4-8-25-18/h4,6,8-11,15H,3,5,7,12-13H2,1-2H3. The molecule has 1 aliphatic heterocycles. The zero-order chi connectivity index (χ0) is 17.6. The van der Waals surface area contributed by atoms with Crippen LogP contribution in [0, 0.1) is 0 Å². The van der Waals surface area contributed by atoms with Gasteiger partial charge in [-0.05, 0) is 42.0 Å². The monoisotopic (exact) mass is 361 g/mol. The second kappa shape index (κ2) is 8.36. The molecule has 1 atom stereocenters. The van der Waals surface area contributed by atoms with Crippen molar-refractivity contribution in [2.75, 3.05) is 27.3 Å². The Bertz CT molecular complexity index is 679. The third kappa shape index (κ3) is 4.52. The quantitative estimate of drug-likeness (QED) is 0.789. The van der Waals surface area contributed by atoms with E-state index in [0.29, 0.717) is 13.2 Å². The molecule has 1 amide bonds. The van der Waals surface area contributed by atoms with Gasteiger partial charge in [0.05, 0.1) is 31.8 Å². The van der Waals surface area contributed by atoms with Crippen LogP contribution in [0.15, 0.2) is 35.7 Å². The number of ether oxygens (including phenoxy) is 3. The van der Waals surface area contributed by atoms with E-state index in [1.165, 1.54) is 11.3 Å². The molecule has 1 aromatic carbocycles. The van der Waals surface area contributed by atoms with Gasteiger partial charge in [0, 0.05) is 19.2 Å². The lowest BCUT2D eigenvalue weighted by Crippen LogP contribution is -2.42. The van der Waals surface area contributed by atoms with Gasteiger partial charge < -0.3 is 19.1 Å². The minimum absolute atomic E-state index is 0.0508. The van der Waals surface area contributed by atoms with Gasteiger partial charge in [0.15, 0.2) is 0 Å². The summed E-state index contributed by atoms with van der Waals surface area (Å²) in [5.41, 5.74) is 0.998. The molecule has 0 bridgehead atoms. The number of rotatable bonds is 6. The summed E-state index contributed by atoms with van der Waals surface area (Å²) in [5, 5.41) is 1.93. The zero-order valence-electron chi connectivity index (χ0n) is 14.6. The molecule has 5 nitrogen and oxygen atoms in total. The van der Waals surface area contributed by atoms with Crippen molar-refractivity contribution in [2.24, 2.45) is 0 Å². The van der Waals surface area contributed by atoms with E-state index in [1.54, 1.807) is 14.2 Å². The van der Waals surface area contributed by atoms with Crippen molar-refractivity contribution < 1.29 is 19.0 Å². The SMILES string of the molecule is COc1cc(COC2CCCN(C(=O)c3cccs3)C2)cc(OC)c1. The fourth-order valence-corrected chi connectivity index (χ4v) is 3.67. The van der Waals surface area contributed by atoms with Crippen molar-refractivity contribution in [3.63, 3.8) is 0 Å². The maximum absolute atomic E-state index is 12.5. The molecule has 1 aromatic heterocycles. The molecule has 134 valence electrons. The predicted octanol–water partition coefficient (Wildman–Crippen LogP) is 3.59. The van der Waals surface area contributed by atoms with Gasteiger partial charge in [-0.1, -0.05) is 6.07 Å². The Morgan fingerprint density at radius 2 is 2.00 bits per heavy atom. The van der Waals surface area contributed by atoms with Crippen LogP contribution in [0.25, 0.3) is 0 Å². The Hall–Kier alpha value is -2.05. The first kappa shape index (κ1) is 17.8. The fourth-order valence-electron chi connectivity index (χ4n) is 2.98. The second-order valence-electron chi connectivity index (χ2n) is 6.02. The van der Waals surface area contributed by atoms with E-state index in [1.807, 2.05) is 40.6 Å². The van der Waals surface area contributed by atoms with Crippen LogP contribution in [0.3, 0.4) is 0 Å². The first-order valence-corrected chi connectivity index (χ1v) is 9.24. The molecular formula is C19H23NO4S. The van der Waals surface area contributed by atoms with Crippen LogP contribution in [0.5, 0.6) is 11.5 Å². The van der Waals surface area contributed by atoms with E-state index in [2.05, 4.69) is 0 Å². The Balaban J connectivity index is 1.59. The molecular weight excluding hydrogens is 338 g/mol. The molecule has 2 aromatic rings. The lowest BCUT2D eigenvalue weighted by Gasteiger charge is -2.32. The number of carbonyl (C=O) groups is 1. The molecule has 0 spiro atoms. The Morgan fingerprint density at radius 1 is 1.24 bits per heavy atom. The number of carbonyl (C=O) groups excluding carboxylic acids is 1. The summed E-state index contributed by atoms with van der Waals surface area (Å²) in [6.45, 7) is 1.90. The van der Waals surface area contributed by atoms with Crippen LogP contribution >= 0.6 is 11.3 Å². The molecule has 1 fully saturated rings. The number of hydrogen-bond acceptors (Lipinski definition) is 5. The number of hydrogen-bond donors (Lipinski definition) is 0. The zero-order valence-corrected chi connectivity index (χ0v) is 15.4. The summed E-state index contributed by atoms with van der Waals surface area (Å²) < 4.78 is 16.6. The van der Waals surface area contributed by atoms with Crippen molar-refractivity contribution in [2.45, 2.75) is 25.6 Å². The fraction of sp³-hybridized carbons (Fsp3) is 0.421. The third-order valence-corrected chi connectivity index (χ3v) is 5.15. The van der Waals surface area contributed by atoms with Crippen LogP contribution in [0.4, 0.5) is 0 Å². The van der Waals surface area contributed by atoms with Crippen molar-refractivity contribution in [1.29, 1.82) is 0 Å². The minimum Gasteiger partial charge on any atom is -0.497 e. The molecule has 25 heavy (non-hydrogen) atoms. The molecule has 0 N–H and O–H groups in total. The van der Waals surface area contributed by atoms with Gasteiger partial charge in [0.2, 0.25) is 0 Å². The van der Waals surface area contributed by atoms with E-state index in [-0.39, 0.29) is 12.0 Å². The normalized spacial score (nSPS) is 17.4. The molecule has 0 saturated carbocycles. The number of thiophene rings is 1. The lowest BCUT2D eigenvalue weighted by atomic mass is 10.1. The third-order valence-electron chi connectivity index (χ3n) is 4.29. The summed E-state index contributed by atoms with van der Waals surface area (Å²) in [6, 6.07) is 9.51. The number of amides is 1. The van der Waals surface area contributed by atoms with Crippen molar-refractivity contribution in [1.82, 2.24) is 4.90 Å². The van der Waals surface area contributed by atoms with Crippen molar-refractivity contribution in [3.05, 3.63) is 46.2 Å². The molecule has 0 radical (unpaired) electrons. The van der Waals surface area contributed by atoms with Gasteiger partial charge in [-0.15, -0.1) is 11.3 Å². The molecule has 1 unspecified atom stereocenters. The maximum atomic E-state index is 12.5. The number of likely N-dealkylation sites (tertiary alicyclic amines) is 1. The predicted molar refractivity (Wildman–Crippen MR) is 97.6 cm³/mol. The summed E-state index contributed by atoms with van der Waals surface area (Å²) in [7, 11) is 3.27. The van der Waals surface area contributed by atoms with Crippen LogP contribution < -0.4 is 9.47 Å². The lowest BCUT2D eigenvalue weighted by molar-refractivity contribution is -0.00667. The van der Waals surface area contributed by atoms with Crippen molar-refractivity contribution in [3.8, 4) is 11.5 Å². The van der Waals surface area contributed by atoms with Crippen LogP contribution in [0.1, 0.15) is 28.1 Å². The molecule has 1 saturated heterocycles. The first-order valence-electron chi connectivity index (χ1n) is 8.36. The van der Waals surface area contributed by atoms with E-state index < -0.39 is 0 Å². The summed E-state index contributed by atoms with van der Waals surface area (Å²) >= 11 is 1.48. The smallest absolute Gasteiger partial charge is 0.264 e. The van der Waals surface area contributed by atoms with Gasteiger partial charge in [0.25, 0.3) is 5.91 Å². The van der Waals surface area contributed by atoms with E-state index in [4.69, 9.17) is 14.2 Å². The number of piperidine rings is 1.